The zero-order valence-corrected chi connectivity index (χ0v) is 13.1. The maximum atomic E-state index is 13.4. The summed E-state index contributed by atoms with van der Waals surface area (Å²) in [6.45, 7) is 3.31. The van der Waals surface area contributed by atoms with Crippen molar-refractivity contribution in [2.45, 2.75) is 20.3 Å². The summed E-state index contributed by atoms with van der Waals surface area (Å²) in [4.78, 5) is 39.2. The van der Waals surface area contributed by atoms with Crippen LogP contribution in [0.5, 0.6) is 0 Å². The summed E-state index contributed by atoms with van der Waals surface area (Å²) in [6.07, 6.45) is 0.562. The van der Waals surface area contributed by atoms with Crippen LogP contribution in [0.2, 0.25) is 0 Å². The number of carbonyl (C=O) groups excluding carboxylic acids is 3. The van der Waals surface area contributed by atoms with Crippen LogP contribution in [0.15, 0.2) is 12.3 Å². The molecule has 1 heterocycles. The minimum absolute atomic E-state index is 0.0583. The Morgan fingerprint density at radius 3 is 2.22 bits per heavy atom. The Balaban J connectivity index is 3.16. The van der Waals surface area contributed by atoms with Crippen LogP contribution in [0.3, 0.4) is 0 Å². The van der Waals surface area contributed by atoms with Crippen LogP contribution >= 0.6 is 0 Å². The van der Waals surface area contributed by atoms with Crippen LogP contribution in [-0.2, 0) is 30.2 Å². The van der Waals surface area contributed by atoms with Gasteiger partial charge in [-0.1, -0.05) is 0 Å². The first-order valence-electron chi connectivity index (χ1n) is 7.00. The molecule has 0 aliphatic heterocycles. The van der Waals surface area contributed by atoms with Gasteiger partial charge in [-0.2, -0.15) is 0 Å². The van der Waals surface area contributed by atoms with Gasteiger partial charge in [0.25, 0.3) is 0 Å². The Hall–Kier alpha value is -2.51. The molecule has 0 unspecified atom stereocenters. The fraction of sp³-hybridized carbons (Fsp3) is 0.467. The van der Waals surface area contributed by atoms with Gasteiger partial charge in [-0.25, -0.2) is 14.2 Å². The first-order chi connectivity index (χ1) is 10.9. The highest BCUT2D eigenvalue weighted by Gasteiger charge is 2.32. The number of hydrogen-bond acceptors (Lipinski definition) is 7. The molecule has 0 amide bonds. The predicted molar refractivity (Wildman–Crippen MR) is 76.0 cm³/mol. The number of ether oxygens (including phenoxy) is 3. The molecule has 1 aromatic heterocycles. The Labute approximate surface area is 132 Å². The molecule has 1 aromatic rings. The largest absolute Gasteiger partial charge is 0.465 e. The molecule has 8 heteroatoms. The van der Waals surface area contributed by atoms with Crippen molar-refractivity contribution in [1.82, 2.24) is 4.98 Å². The molecule has 0 N–H and O–H groups in total. The first-order valence-corrected chi connectivity index (χ1v) is 7.00. The maximum Gasteiger partial charge on any atom is 0.356 e. The normalized spacial score (nSPS) is 10.3. The zero-order chi connectivity index (χ0) is 17.4. The fourth-order valence-corrected chi connectivity index (χ4v) is 1.89. The molecule has 23 heavy (non-hydrogen) atoms. The van der Waals surface area contributed by atoms with Crippen molar-refractivity contribution in [2.24, 2.45) is 5.92 Å². The Morgan fingerprint density at radius 1 is 1.17 bits per heavy atom. The lowest BCUT2D eigenvalue weighted by molar-refractivity contribution is -0.161. The third-order valence-corrected chi connectivity index (χ3v) is 2.88. The second-order valence-corrected chi connectivity index (χ2v) is 4.41. The molecule has 0 saturated heterocycles. The van der Waals surface area contributed by atoms with Gasteiger partial charge in [-0.3, -0.25) is 9.59 Å². The lowest BCUT2D eigenvalue weighted by Gasteiger charge is -2.15. The molecule has 0 aliphatic carbocycles. The standard InChI is InChI=1S/C15H18FNO6/c1-4-22-13(18)11(14(19)23-5-2)7-9-6-10(16)8-17-12(9)15(20)21-3/h6,8,11H,4-5,7H2,1-3H3. The maximum absolute atomic E-state index is 13.4. The van der Waals surface area contributed by atoms with Crippen LogP contribution in [0.1, 0.15) is 29.9 Å². The molecule has 0 saturated carbocycles. The van der Waals surface area contributed by atoms with Crippen molar-refractivity contribution >= 4 is 17.9 Å². The summed E-state index contributed by atoms with van der Waals surface area (Å²) in [7, 11) is 1.14. The fourth-order valence-electron chi connectivity index (χ4n) is 1.89. The van der Waals surface area contributed by atoms with E-state index in [2.05, 4.69) is 9.72 Å². The summed E-state index contributed by atoms with van der Waals surface area (Å²) >= 11 is 0. The van der Waals surface area contributed by atoms with E-state index in [1.807, 2.05) is 0 Å². The SMILES string of the molecule is CCOC(=O)C(Cc1cc(F)cnc1C(=O)OC)C(=O)OCC. The number of rotatable bonds is 7. The van der Waals surface area contributed by atoms with E-state index in [9.17, 15) is 18.8 Å². The number of pyridine rings is 1. The van der Waals surface area contributed by atoms with Crippen LogP contribution in [0.4, 0.5) is 4.39 Å². The van der Waals surface area contributed by atoms with Crippen molar-refractivity contribution < 1.29 is 33.0 Å². The topological polar surface area (TPSA) is 91.8 Å². The Kier molecular flexibility index (Phi) is 7.11. The third-order valence-electron chi connectivity index (χ3n) is 2.88. The lowest BCUT2D eigenvalue weighted by atomic mass is 9.98. The van der Waals surface area contributed by atoms with Gasteiger partial charge in [0.1, 0.15) is 5.82 Å². The summed E-state index contributed by atoms with van der Waals surface area (Å²) < 4.78 is 27.6. The van der Waals surface area contributed by atoms with E-state index in [0.29, 0.717) is 0 Å². The number of hydrogen-bond donors (Lipinski definition) is 0. The highest BCUT2D eigenvalue weighted by Crippen LogP contribution is 2.17. The van der Waals surface area contributed by atoms with E-state index in [0.717, 1.165) is 19.4 Å². The van der Waals surface area contributed by atoms with Gasteiger partial charge < -0.3 is 14.2 Å². The average molecular weight is 327 g/mol. The second kappa shape index (κ2) is 8.82. The van der Waals surface area contributed by atoms with Crippen molar-refractivity contribution in [3.05, 3.63) is 29.3 Å². The van der Waals surface area contributed by atoms with Gasteiger partial charge in [-0.15, -0.1) is 0 Å². The van der Waals surface area contributed by atoms with Gasteiger partial charge in [-0.05, 0) is 31.9 Å². The Bertz CT molecular complexity index is 571. The molecule has 0 spiro atoms. The number of esters is 3. The highest BCUT2D eigenvalue weighted by atomic mass is 19.1. The molecule has 0 radical (unpaired) electrons. The quantitative estimate of drug-likeness (QED) is 0.423. The second-order valence-electron chi connectivity index (χ2n) is 4.41. The molecule has 1 rings (SSSR count). The minimum Gasteiger partial charge on any atom is -0.465 e. The van der Waals surface area contributed by atoms with Crippen LogP contribution in [0.25, 0.3) is 0 Å². The number of aromatic nitrogens is 1. The molecule has 126 valence electrons. The number of carbonyl (C=O) groups is 3. The first kappa shape index (κ1) is 18.5. The van der Waals surface area contributed by atoms with Gasteiger partial charge in [0.15, 0.2) is 11.6 Å². The van der Waals surface area contributed by atoms with Crippen molar-refractivity contribution in [2.75, 3.05) is 20.3 Å². The van der Waals surface area contributed by atoms with E-state index in [1.54, 1.807) is 13.8 Å². The Morgan fingerprint density at radius 2 is 1.74 bits per heavy atom. The van der Waals surface area contributed by atoms with E-state index in [4.69, 9.17) is 9.47 Å². The molecule has 0 aliphatic rings. The molecule has 7 nitrogen and oxygen atoms in total. The van der Waals surface area contributed by atoms with E-state index >= 15 is 0 Å². The van der Waals surface area contributed by atoms with Crippen molar-refractivity contribution in [3.8, 4) is 0 Å². The number of methoxy groups -OCH3 is 1. The number of halogens is 1. The highest BCUT2D eigenvalue weighted by molar-refractivity contribution is 5.96. The third kappa shape index (κ3) is 5.01. The molecule has 0 aromatic carbocycles. The van der Waals surface area contributed by atoms with Crippen LogP contribution in [0, 0.1) is 11.7 Å². The summed E-state index contributed by atoms with van der Waals surface area (Å²) in [5.74, 6) is -4.45. The monoisotopic (exact) mass is 327 g/mol. The van der Waals surface area contributed by atoms with E-state index in [1.165, 1.54) is 0 Å². The van der Waals surface area contributed by atoms with Gasteiger partial charge in [0.2, 0.25) is 0 Å². The smallest absolute Gasteiger partial charge is 0.356 e. The molecule has 0 bridgehead atoms. The van der Waals surface area contributed by atoms with Crippen molar-refractivity contribution in [3.63, 3.8) is 0 Å². The molecule has 0 atom stereocenters. The van der Waals surface area contributed by atoms with E-state index < -0.39 is 29.6 Å². The number of nitrogens with zero attached hydrogens (tertiary/aromatic N) is 1. The van der Waals surface area contributed by atoms with Crippen LogP contribution < -0.4 is 0 Å². The van der Waals surface area contributed by atoms with Crippen LogP contribution in [-0.4, -0.2) is 43.2 Å². The summed E-state index contributed by atoms with van der Waals surface area (Å²) in [6, 6.07) is 1.02. The molecular formula is C15H18FNO6. The zero-order valence-electron chi connectivity index (χ0n) is 13.1. The summed E-state index contributed by atoms with van der Waals surface area (Å²) in [5, 5.41) is 0. The van der Waals surface area contributed by atoms with Gasteiger partial charge in [0.05, 0.1) is 26.5 Å². The van der Waals surface area contributed by atoms with Crippen molar-refractivity contribution in [1.29, 1.82) is 0 Å². The van der Waals surface area contributed by atoms with Gasteiger partial charge in [0, 0.05) is 0 Å². The molecular weight excluding hydrogens is 309 g/mol. The average Bonchev–Trinajstić information content (AvgIpc) is 2.52. The summed E-state index contributed by atoms with van der Waals surface area (Å²) in [5.41, 5.74) is -0.115. The molecule has 0 fully saturated rings. The van der Waals surface area contributed by atoms with Gasteiger partial charge >= 0.3 is 17.9 Å². The lowest BCUT2D eigenvalue weighted by Crippen LogP contribution is -2.30. The predicted octanol–water partition coefficient (Wildman–Crippen LogP) is 1.29. The van der Waals surface area contributed by atoms with E-state index in [-0.39, 0.29) is 30.9 Å². The minimum atomic E-state index is -1.32.